The van der Waals surface area contributed by atoms with Crippen LogP contribution in [0.2, 0.25) is 10.0 Å². The molecule has 6 heteroatoms. The molecular formula is C6H2Cl2INO2. The van der Waals surface area contributed by atoms with Crippen LogP contribution in [0, 0.1) is 13.7 Å². The molecule has 1 rings (SSSR count). The lowest BCUT2D eigenvalue weighted by molar-refractivity contribution is -0.384. The normalized spacial score (nSPS) is 9.92. The standard InChI is InChI=1S/C6H2Cl2INO2/c7-3-1-4(9)6(8)5(2-3)10(11)12/h1-2H. The van der Waals surface area contributed by atoms with E-state index in [0.717, 1.165) is 0 Å². The van der Waals surface area contributed by atoms with Crippen molar-refractivity contribution in [1.82, 2.24) is 0 Å². The summed E-state index contributed by atoms with van der Waals surface area (Å²) in [6.45, 7) is 0. The van der Waals surface area contributed by atoms with Crippen LogP contribution >= 0.6 is 45.8 Å². The molecule has 0 bridgehead atoms. The molecule has 0 radical (unpaired) electrons. The summed E-state index contributed by atoms with van der Waals surface area (Å²) in [4.78, 5) is 9.83. The van der Waals surface area contributed by atoms with Gasteiger partial charge in [-0.25, -0.2) is 0 Å². The molecule has 3 nitrogen and oxygen atoms in total. The number of nitrogens with zero attached hydrogens (tertiary/aromatic N) is 1. The first-order chi connectivity index (χ1) is 5.52. The van der Waals surface area contributed by atoms with E-state index in [2.05, 4.69) is 0 Å². The fraction of sp³-hybridized carbons (Fsp3) is 0. The fourth-order valence-corrected chi connectivity index (χ4v) is 1.86. The summed E-state index contributed by atoms with van der Waals surface area (Å²) in [5.41, 5.74) is -0.159. The minimum absolute atomic E-state index is 0.130. The highest BCUT2D eigenvalue weighted by Crippen LogP contribution is 2.32. The summed E-state index contributed by atoms with van der Waals surface area (Å²) in [6, 6.07) is 2.80. The maximum atomic E-state index is 10.4. The van der Waals surface area contributed by atoms with E-state index in [4.69, 9.17) is 23.2 Å². The SMILES string of the molecule is O=[N+]([O-])c1cc(Cl)cc(I)c1Cl. The Balaban J connectivity index is 3.37. The van der Waals surface area contributed by atoms with E-state index < -0.39 is 4.92 Å². The second-order valence-electron chi connectivity index (χ2n) is 1.98. The van der Waals surface area contributed by atoms with Crippen molar-refractivity contribution >= 4 is 51.5 Å². The zero-order chi connectivity index (χ0) is 9.30. The fourth-order valence-electron chi connectivity index (χ4n) is 0.675. The smallest absolute Gasteiger partial charge is 0.258 e. The van der Waals surface area contributed by atoms with Crippen LogP contribution < -0.4 is 0 Å². The summed E-state index contributed by atoms with van der Waals surface area (Å²) < 4.78 is 0.577. The minimum Gasteiger partial charge on any atom is -0.258 e. The maximum Gasteiger partial charge on any atom is 0.290 e. The first-order valence-electron chi connectivity index (χ1n) is 2.81. The molecule has 0 spiro atoms. The lowest BCUT2D eigenvalue weighted by atomic mass is 10.3. The summed E-state index contributed by atoms with van der Waals surface area (Å²) in [5, 5.41) is 10.8. The molecule has 0 atom stereocenters. The van der Waals surface area contributed by atoms with Gasteiger partial charge in [0.05, 0.1) is 4.92 Å². The molecular weight excluding hydrogens is 316 g/mol. The van der Waals surface area contributed by atoms with Gasteiger partial charge < -0.3 is 0 Å². The van der Waals surface area contributed by atoms with Gasteiger partial charge in [0.15, 0.2) is 0 Å². The predicted octanol–water partition coefficient (Wildman–Crippen LogP) is 3.51. The number of nitro groups is 1. The van der Waals surface area contributed by atoms with Gasteiger partial charge >= 0.3 is 0 Å². The summed E-state index contributed by atoms with van der Waals surface area (Å²) >= 11 is 13.1. The Morgan fingerprint density at radius 3 is 2.50 bits per heavy atom. The van der Waals surface area contributed by atoms with Crippen LogP contribution in [-0.2, 0) is 0 Å². The van der Waals surface area contributed by atoms with E-state index in [0.29, 0.717) is 8.59 Å². The molecule has 0 saturated heterocycles. The molecule has 0 aromatic heterocycles. The molecule has 0 unspecified atom stereocenters. The van der Waals surface area contributed by atoms with Crippen molar-refractivity contribution in [2.75, 3.05) is 0 Å². The molecule has 1 aromatic carbocycles. The second kappa shape index (κ2) is 3.76. The van der Waals surface area contributed by atoms with Gasteiger partial charge in [-0.05, 0) is 28.7 Å². The van der Waals surface area contributed by atoms with Crippen LogP contribution in [-0.4, -0.2) is 4.92 Å². The highest BCUT2D eigenvalue weighted by atomic mass is 127. The van der Waals surface area contributed by atoms with Crippen LogP contribution in [0.1, 0.15) is 0 Å². The Labute approximate surface area is 92.0 Å². The van der Waals surface area contributed by atoms with Crippen molar-refractivity contribution < 1.29 is 4.92 Å². The average molecular weight is 318 g/mol. The third kappa shape index (κ3) is 1.99. The van der Waals surface area contributed by atoms with Crippen molar-refractivity contribution in [2.24, 2.45) is 0 Å². The minimum atomic E-state index is -0.559. The summed E-state index contributed by atoms with van der Waals surface area (Å²) in [6.07, 6.45) is 0. The second-order valence-corrected chi connectivity index (χ2v) is 3.95. The molecule has 0 aliphatic rings. The van der Waals surface area contributed by atoms with E-state index in [-0.39, 0.29) is 10.7 Å². The van der Waals surface area contributed by atoms with Gasteiger partial charge in [-0.1, -0.05) is 23.2 Å². The Morgan fingerprint density at radius 2 is 2.00 bits per heavy atom. The third-order valence-corrected chi connectivity index (χ3v) is 2.96. The molecule has 12 heavy (non-hydrogen) atoms. The topological polar surface area (TPSA) is 43.1 Å². The highest BCUT2D eigenvalue weighted by Gasteiger charge is 2.15. The van der Waals surface area contributed by atoms with Crippen molar-refractivity contribution in [3.8, 4) is 0 Å². The number of halogens is 3. The third-order valence-electron chi connectivity index (χ3n) is 1.17. The zero-order valence-corrected chi connectivity index (χ0v) is 9.22. The van der Waals surface area contributed by atoms with Gasteiger partial charge in [-0.2, -0.15) is 0 Å². The van der Waals surface area contributed by atoms with Crippen molar-refractivity contribution in [3.63, 3.8) is 0 Å². The summed E-state index contributed by atoms with van der Waals surface area (Å²) in [5.74, 6) is 0. The quantitative estimate of drug-likeness (QED) is 0.344. The molecule has 1 aromatic rings. The molecule has 64 valence electrons. The number of hydrogen-bond donors (Lipinski definition) is 0. The van der Waals surface area contributed by atoms with E-state index in [9.17, 15) is 10.1 Å². The Hall–Kier alpha value is -0.0700. The van der Waals surface area contributed by atoms with Crippen LogP contribution in [0.3, 0.4) is 0 Å². The Bertz CT molecular complexity index is 343. The number of hydrogen-bond acceptors (Lipinski definition) is 2. The molecule has 0 amide bonds. The number of nitro benzene ring substituents is 1. The van der Waals surface area contributed by atoms with Gasteiger partial charge in [-0.3, -0.25) is 10.1 Å². The van der Waals surface area contributed by atoms with Gasteiger partial charge in [0, 0.05) is 14.7 Å². The Morgan fingerprint density at radius 1 is 1.42 bits per heavy atom. The summed E-state index contributed by atoms with van der Waals surface area (Å²) in [7, 11) is 0. The Kier molecular flexibility index (Phi) is 3.14. The molecule has 0 aliphatic heterocycles. The van der Waals surface area contributed by atoms with Crippen molar-refractivity contribution in [1.29, 1.82) is 0 Å². The lowest BCUT2D eigenvalue weighted by Crippen LogP contribution is -1.90. The van der Waals surface area contributed by atoms with E-state index in [1.54, 1.807) is 6.07 Å². The van der Waals surface area contributed by atoms with Gasteiger partial charge in [0.25, 0.3) is 5.69 Å². The highest BCUT2D eigenvalue weighted by molar-refractivity contribution is 14.1. The van der Waals surface area contributed by atoms with Gasteiger partial charge in [-0.15, -0.1) is 0 Å². The van der Waals surface area contributed by atoms with Gasteiger partial charge in [0.1, 0.15) is 5.02 Å². The maximum absolute atomic E-state index is 10.4. The van der Waals surface area contributed by atoms with Crippen LogP contribution in [0.5, 0.6) is 0 Å². The molecule has 0 aliphatic carbocycles. The number of rotatable bonds is 1. The monoisotopic (exact) mass is 317 g/mol. The molecule has 0 heterocycles. The van der Waals surface area contributed by atoms with E-state index in [1.165, 1.54) is 6.07 Å². The largest absolute Gasteiger partial charge is 0.290 e. The first-order valence-corrected chi connectivity index (χ1v) is 4.65. The predicted molar refractivity (Wildman–Crippen MR) is 55.8 cm³/mol. The van der Waals surface area contributed by atoms with Crippen LogP contribution in [0.25, 0.3) is 0 Å². The van der Waals surface area contributed by atoms with Gasteiger partial charge in [0.2, 0.25) is 0 Å². The van der Waals surface area contributed by atoms with Crippen LogP contribution in [0.4, 0.5) is 5.69 Å². The molecule has 0 fully saturated rings. The molecule has 0 N–H and O–H groups in total. The lowest BCUT2D eigenvalue weighted by Gasteiger charge is -1.98. The first kappa shape index (κ1) is 10.0. The van der Waals surface area contributed by atoms with Crippen molar-refractivity contribution in [3.05, 3.63) is 35.9 Å². The number of benzene rings is 1. The van der Waals surface area contributed by atoms with E-state index >= 15 is 0 Å². The van der Waals surface area contributed by atoms with E-state index in [1.807, 2.05) is 22.6 Å². The van der Waals surface area contributed by atoms with Crippen LogP contribution in [0.15, 0.2) is 12.1 Å². The van der Waals surface area contributed by atoms with Crippen molar-refractivity contribution in [2.45, 2.75) is 0 Å². The molecule has 0 saturated carbocycles. The average Bonchev–Trinajstić information content (AvgIpc) is 1.96. The zero-order valence-electron chi connectivity index (χ0n) is 5.55.